The Morgan fingerprint density at radius 3 is 1.37 bits per heavy atom. The zero-order valence-electron chi connectivity index (χ0n) is 16.5. The Hall–Kier alpha value is -2.28. The summed E-state index contributed by atoms with van der Waals surface area (Å²) >= 11 is 10.6. The smallest absolute Gasteiger partial charge is 0.293 e. The molecule has 0 aliphatic carbocycles. The van der Waals surface area contributed by atoms with Crippen LogP contribution in [0.3, 0.4) is 0 Å². The summed E-state index contributed by atoms with van der Waals surface area (Å²) in [6.07, 6.45) is 0. The molecule has 0 heterocycles. The minimum Gasteiger partial charge on any atom is -0.368 e. The highest BCUT2D eigenvalue weighted by Gasteiger charge is 2.27. The van der Waals surface area contributed by atoms with Crippen molar-refractivity contribution >= 4 is 67.4 Å². The second kappa shape index (κ2) is 10.2. The van der Waals surface area contributed by atoms with Gasteiger partial charge in [-0.3, -0.25) is 20.2 Å². The van der Waals surface area contributed by atoms with Gasteiger partial charge < -0.3 is 9.80 Å². The maximum absolute atomic E-state index is 11.7. The largest absolute Gasteiger partial charge is 0.368 e. The van der Waals surface area contributed by atoms with Crippen LogP contribution in [-0.4, -0.2) is 57.8 Å². The fourth-order valence-corrected chi connectivity index (χ4v) is 5.12. The monoisotopic (exact) mass is 482 g/mol. The SMILES string of the molecule is CN(C)C(=S)c1cccc(SSc2cccc(C(=S)N(C)C)c2[N+](=O)[O-])c1[N+](=O)[O-]. The van der Waals surface area contributed by atoms with Crippen LogP contribution in [0, 0.1) is 20.2 Å². The fourth-order valence-electron chi connectivity index (χ4n) is 2.47. The lowest BCUT2D eigenvalue weighted by atomic mass is 10.1. The highest BCUT2D eigenvalue weighted by molar-refractivity contribution is 8.76. The van der Waals surface area contributed by atoms with Gasteiger partial charge in [0.05, 0.1) is 30.8 Å². The maximum atomic E-state index is 11.7. The van der Waals surface area contributed by atoms with E-state index in [0.717, 1.165) is 21.6 Å². The number of nitrogens with zero attached hydrogens (tertiary/aromatic N) is 4. The van der Waals surface area contributed by atoms with Crippen molar-refractivity contribution in [3.8, 4) is 0 Å². The highest BCUT2D eigenvalue weighted by atomic mass is 33.1. The summed E-state index contributed by atoms with van der Waals surface area (Å²) in [6, 6.07) is 9.72. The minimum atomic E-state index is -0.486. The number of para-hydroxylation sites is 2. The summed E-state index contributed by atoms with van der Waals surface area (Å²) in [5, 5.41) is 23.5. The Morgan fingerprint density at radius 2 is 1.10 bits per heavy atom. The molecule has 0 unspecified atom stereocenters. The van der Waals surface area contributed by atoms with Gasteiger partial charge in [-0.2, -0.15) is 0 Å². The molecule has 2 rings (SSSR count). The molecule has 0 spiro atoms. The molecule has 0 amide bonds. The molecule has 0 fully saturated rings. The van der Waals surface area contributed by atoms with Gasteiger partial charge in [0.2, 0.25) is 0 Å². The third kappa shape index (κ3) is 5.25. The van der Waals surface area contributed by atoms with Crippen LogP contribution in [0.1, 0.15) is 11.1 Å². The summed E-state index contributed by atoms with van der Waals surface area (Å²) in [7, 11) is 8.98. The average Bonchev–Trinajstić information content (AvgIpc) is 2.69. The van der Waals surface area contributed by atoms with Gasteiger partial charge >= 0.3 is 0 Å². The zero-order chi connectivity index (χ0) is 22.6. The molecule has 30 heavy (non-hydrogen) atoms. The number of benzene rings is 2. The summed E-state index contributed by atoms with van der Waals surface area (Å²) in [5.41, 5.74) is 0.387. The van der Waals surface area contributed by atoms with E-state index in [-0.39, 0.29) is 11.4 Å². The van der Waals surface area contributed by atoms with Crippen LogP contribution >= 0.6 is 46.0 Å². The van der Waals surface area contributed by atoms with Gasteiger partial charge in [0.1, 0.15) is 9.98 Å². The molecule has 2 aromatic rings. The van der Waals surface area contributed by atoms with Crippen LogP contribution in [0.25, 0.3) is 0 Å². The molecule has 0 aliphatic heterocycles. The van der Waals surface area contributed by atoms with Crippen LogP contribution in [0.5, 0.6) is 0 Å². The first-order chi connectivity index (χ1) is 14.1. The lowest BCUT2D eigenvalue weighted by molar-refractivity contribution is -0.388. The van der Waals surface area contributed by atoms with Gasteiger partial charge in [0.15, 0.2) is 0 Å². The van der Waals surface area contributed by atoms with Crippen molar-refractivity contribution in [1.29, 1.82) is 0 Å². The van der Waals surface area contributed by atoms with Gasteiger partial charge in [-0.1, -0.05) is 36.6 Å². The predicted molar refractivity (Wildman–Crippen MR) is 129 cm³/mol. The fraction of sp³-hybridized carbons (Fsp3) is 0.222. The number of hydrogen-bond acceptors (Lipinski definition) is 8. The van der Waals surface area contributed by atoms with Gasteiger partial charge in [-0.05, 0) is 45.9 Å². The molecule has 12 heteroatoms. The number of rotatable bonds is 7. The predicted octanol–water partition coefficient (Wildman–Crippen LogP) is 4.78. The van der Waals surface area contributed by atoms with Crippen molar-refractivity contribution in [2.75, 3.05) is 28.2 Å². The number of thiocarbonyl (C=S) groups is 2. The van der Waals surface area contributed by atoms with Crippen molar-refractivity contribution in [1.82, 2.24) is 9.80 Å². The quantitative estimate of drug-likeness (QED) is 0.238. The molecule has 158 valence electrons. The van der Waals surface area contributed by atoms with Crippen molar-refractivity contribution in [3.63, 3.8) is 0 Å². The maximum Gasteiger partial charge on any atom is 0.293 e. The second-order valence-corrected chi connectivity index (χ2v) is 9.37. The van der Waals surface area contributed by atoms with Crippen molar-refractivity contribution < 1.29 is 9.85 Å². The standard InChI is InChI=1S/C18H18N4O4S4/c1-19(2)17(27)11-7-5-9-13(15(11)21(23)24)29-30-14-10-6-8-12(16(14)22(25)26)18(28)20(3)4/h5-10H,1-4H3. The molecule has 0 atom stereocenters. The first kappa shape index (κ1) is 24.0. The normalized spacial score (nSPS) is 10.4. The highest BCUT2D eigenvalue weighted by Crippen LogP contribution is 2.46. The van der Waals surface area contributed by atoms with Gasteiger partial charge in [0, 0.05) is 28.2 Å². The Labute approximate surface area is 192 Å². The summed E-state index contributed by atoms with van der Waals surface area (Å²) < 4.78 is 0. The number of hydrogen-bond donors (Lipinski definition) is 0. The van der Waals surface area contributed by atoms with E-state index in [9.17, 15) is 20.2 Å². The van der Waals surface area contributed by atoms with Crippen molar-refractivity contribution in [2.45, 2.75) is 9.79 Å². The van der Waals surface area contributed by atoms with Gasteiger partial charge in [0.25, 0.3) is 11.4 Å². The molecular formula is C18H18N4O4S4. The molecule has 0 saturated carbocycles. The Balaban J connectivity index is 2.48. The van der Waals surface area contributed by atoms with Gasteiger partial charge in [-0.15, -0.1) is 0 Å². The summed E-state index contributed by atoms with van der Waals surface area (Å²) in [5.74, 6) is 0. The molecule has 0 aromatic heterocycles. The van der Waals surface area contributed by atoms with Crippen LogP contribution in [0.4, 0.5) is 11.4 Å². The number of nitro groups is 2. The van der Waals surface area contributed by atoms with E-state index in [2.05, 4.69) is 0 Å². The first-order valence-electron chi connectivity index (χ1n) is 8.38. The van der Waals surface area contributed by atoms with E-state index < -0.39 is 9.85 Å². The zero-order valence-corrected chi connectivity index (χ0v) is 19.8. The molecule has 0 radical (unpaired) electrons. The minimum absolute atomic E-state index is 0.128. The molecular weight excluding hydrogens is 464 g/mol. The summed E-state index contributed by atoms with van der Waals surface area (Å²) in [4.78, 5) is 27.1. The Kier molecular flexibility index (Phi) is 8.12. The Bertz CT molecular complexity index is 946. The van der Waals surface area contributed by atoms with Crippen LogP contribution < -0.4 is 0 Å². The Morgan fingerprint density at radius 1 is 0.767 bits per heavy atom. The summed E-state index contributed by atoms with van der Waals surface area (Å²) in [6.45, 7) is 0. The van der Waals surface area contributed by atoms with E-state index >= 15 is 0 Å². The van der Waals surface area contributed by atoms with Crippen molar-refractivity contribution in [2.24, 2.45) is 0 Å². The molecule has 2 aromatic carbocycles. The van der Waals surface area contributed by atoms with Gasteiger partial charge in [-0.25, -0.2) is 0 Å². The molecule has 0 bridgehead atoms. The first-order valence-corrected chi connectivity index (χ1v) is 11.4. The average molecular weight is 483 g/mol. The van der Waals surface area contributed by atoms with E-state index in [4.69, 9.17) is 24.4 Å². The third-order valence-electron chi connectivity index (χ3n) is 3.86. The lowest BCUT2D eigenvalue weighted by Crippen LogP contribution is -2.21. The lowest BCUT2D eigenvalue weighted by Gasteiger charge is -2.16. The van der Waals surface area contributed by atoms with Crippen LogP contribution in [0.15, 0.2) is 46.2 Å². The number of nitro benzene ring substituents is 2. The second-order valence-electron chi connectivity index (χ2n) is 6.38. The molecule has 8 nitrogen and oxygen atoms in total. The molecule has 0 N–H and O–H groups in total. The molecule has 0 saturated heterocycles. The van der Waals surface area contributed by atoms with Crippen LogP contribution in [-0.2, 0) is 0 Å². The van der Waals surface area contributed by atoms with E-state index in [1.54, 1.807) is 74.4 Å². The van der Waals surface area contributed by atoms with Crippen LogP contribution in [0.2, 0.25) is 0 Å². The van der Waals surface area contributed by atoms with E-state index in [1.165, 1.54) is 0 Å². The van der Waals surface area contributed by atoms with E-state index in [1.807, 2.05) is 0 Å². The van der Waals surface area contributed by atoms with E-state index in [0.29, 0.717) is 30.9 Å². The van der Waals surface area contributed by atoms with Crippen molar-refractivity contribution in [3.05, 3.63) is 67.8 Å². The third-order valence-corrected chi connectivity index (χ3v) is 7.46. The topological polar surface area (TPSA) is 92.8 Å². The molecule has 0 aliphatic rings.